The van der Waals surface area contributed by atoms with Crippen LogP contribution in [0.5, 0.6) is 0 Å². The fourth-order valence-electron chi connectivity index (χ4n) is 2.09. The van der Waals surface area contributed by atoms with Gasteiger partial charge in [-0.25, -0.2) is 4.39 Å². The van der Waals surface area contributed by atoms with Crippen molar-refractivity contribution in [2.24, 2.45) is 5.73 Å². The van der Waals surface area contributed by atoms with E-state index in [4.69, 9.17) is 10.3 Å². The number of nitrogens with two attached hydrogens (primary N) is 1. The highest BCUT2D eigenvalue weighted by molar-refractivity contribution is 5.54. The molecule has 0 saturated heterocycles. The highest BCUT2D eigenvalue weighted by Crippen LogP contribution is 2.19. The number of aromatic nitrogens is 2. The summed E-state index contributed by atoms with van der Waals surface area (Å²) in [6.07, 6.45) is 0.298. The van der Waals surface area contributed by atoms with Crippen molar-refractivity contribution in [3.63, 3.8) is 0 Å². The standard InChI is InChI=1S/C16H14FN3O/c17-14-7-2-1-5-12(14)9-15-19-16(21-20-15)13-6-3-4-11(8-13)10-18/h1-8H,9-10,18H2. The minimum atomic E-state index is -0.269. The molecule has 21 heavy (non-hydrogen) atoms. The first-order valence-electron chi connectivity index (χ1n) is 6.61. The first-order chi connectivity index (χ1) is 10.3. The van der Waals surface area contributed by atoms with Crippen LogP contribution in [0.3, 0.4) is 0 Å². The molecule has 0 aliphatic heterocycles. The highest BCUT2D eigenvalue weighted by Gasteiger charge is 2.11. The van der Waals surface area contributed by atoms with Gasteiger partial charge in [0.1, 0.15) is 5.82 Å². The van der Waals surface area contributed by atoms with Crippen LogP contribution >= 0.6 is 0 Å². The van der Waals surface area contributed by atoms with Crippen molar-refractivity contribution >= 4 is 0 Å². The second-order valence-corrected chi connectivity index (χ2v) is 4.69. The zero-order valence-electron chi connectivity index (χ0n) is 11.3. The van der Waals surface area contributed by atoms with Gasteiger partial charge in [-0.1, -0.05) is 35.5 Å². The molecule has 2 aromatic carbocycles. The summed E-state index contributed by atoms with van der Waals surface area (Å²) in [5.41, 5.74) is 7.95. The van der Waals surface area contributed by atoms with Crippen LogP contribution in [0.4, 0.5) is 4.39 Å². The van der Waals surface area contributed by atoms with Crippen LogP contribution in [0, 0.1) is 5.82 Å². The van der Waals surface area contributed by atoms with E-state index in [0.717, 1.165) is 11.1 Å². The fraction of sp³-hybridized carbons (Fsp3) is 0.125. The summed E-state index contributed by atoms with van der Waals surface area (Å²) in [4.78, 5) is 4.31. The summed E-state index contributed by atoms with van der Waals surface area (Å²) in [6, 6.07) is 14.2. The van der Waals surface area contributed by atoms with Gasteiger partial charge < -0.3 is 10.3 Å². The molecule has 0 aliphatic carbocycles. The van der Waals surface area contributed by atoms with E-state index in [9.17, 15) is 4.39 Å². The van der Waals surface area contributed by atoms with E-state index in [1.54, 1.807) is 18.2 Å². The van der Waals surface area contributed by atoms with Gasteiger partial charge >= 0.3 is 0 Å². The van der Waals surface area contributed by atoms with Crippen LogP contribution in [0.2, 0.25) is 0 Å². The number of halogens is 1. The molecular weight excluding hydrogens is 269 g/mol. The Bertz CT molecular complexity index is 755. The fourth-order valence-corrected chi connectivity index (χ4v) is 2.09. The van der Waals surface area contributed by atoms with Crippen LogP contribution in [0.15, 0.2) is 53.1 Å². The van der Waals surface area contributed by atoms with Gasteiger partial charge in [-0.3, -0.25) is 0 Å². The second kappa shape index (κ2) is 5.85. The van der Waals surface area contributed by atoms with Crippen molar-refractivity contribution in [2.75, 3.05) is 0 Å². The van der Waals surface area contributed by atoms with Gasteiger partial charge in [0.25, 0.3) is 5.89 Å². The summed E-state index contributed by atoms with van der Waals surface area (Å²) in [5, 5.41) is 3.90. The molecule has 3 aromatic rings. The summed E-state index contributed by atoms with van der Waals surface area (Å²) in [5.74, 6) is 0.596. The van der Waals surface area contributed by atoms with E-state index in [-0.39, 0.29) is 5.82 Å². The van der Waals surface area contributed by atoms with Crippen LogP contribution in [0.25, 0.3) is 11.5 Å². The Morgan fingerprint density at radius 3 is 2.76 bits per heavy atom. The van der Waals surface area contributed by atoms with Crippen molar-refractivity contribution < 1.29 is 8.91 Å². The molecule has 2 N–H and O–H groups in total. The Hall–Kier alpha value is -2.53. The smallest absolute Gasteiger partial charge is 0.257 e. The van der Waals surface area contributed by atoms with E-state index >= 15 is 0 Å². The Balaban J connectivity index is 1.85. The van der Waals surface area contributed by atoms with Crippen LogP contribution < -0.4 is 5.73 Å². The van der Waals surface area contributed by atoms with Gasteiger partial charge in [-0.15, -0.1) is 0 Å². The zero-order valence-corrected chi connectivity index (χ0v) is 11.3. The van der Waals surface area contributed by atoms with Crippen LogP contribution in [0.1, 0.15) is 17.0 Å². The molecule has 0 atom stereocenters. The molecule has 1 aromatic heterocycles. The first kappa shape index (κ1) is 13.5. The highest BCUT2D eigenvalue weighted by atomic mass is 19.1. The summed E-state index contributed by atoms with van der Waals surface area (Å²) >= 11 is 0. The molecule has 1 heterocycles. The number of hydrogen-bond acceptors (Lipinski definition) is 4. The Morgan fingerprint density at radius 1 is 1.10 bits per heavy atom. The number of hydrogen-bond donors (Lipinski definition) is 1. The molecule has 0 fully saturated rings. The molecule has 0 radical (unpaired) electrons. The Morgan fingerprint density at radius 2 is 1.95 bits per heavy atom. The molecule has 106 valence electrons. The maximum absolute atomic E-state index is 13.6. The molecular formula is C16H14FN3O. The van der Waals surface area contributed by atoms with Gasteiger partial charge in [0.05, 0.1) is 0 Å². The maximum atomic E-state index is 13.6. The molecule has 0 spiro atoms. The van der Waals surface area contributed by atoms with Crippen molar-refractivity contribution in [2.45, 2.75) is 13.0 Å². The minimum absolute atomic E-state index is 0.269. The number of benzene rings is 2. The maximum Gasteiger partial charge on any atom is 0.257 e. The minimum Gasteiger partial charge on any atom is -0.334 e. The molecule has 0 unspecified atom stereocenters. The largest absolute Gasteiger partial charge is 0.334 e. The van der Waals surface area contributed by atoms with Crippen molar-refractivity contribution in [3.05, 3.63) is 71.3 Å². The van der Waals surface area contributed by atoms with Gasteiger partial charge in [0, 0.05) is 18.5 Å². The van der Waals surface area contributed by atoms with Gasteiger partial charge in [0.15, 0.2) is 5.82 Å². The van der Waals surface area contributed by atoms with E-state index in [1.165, 1.54) is 6.07 Å². The summed E-state index contributed by atoms with van der Waals surface area (Å²) in [7, 11) is 0. The van der Waals surface area contributed by atoms with Crippen LogP contribution in [-0.4, -0.2) is 10.1 Å². The third-order valence-electron chi connectivity index (χ3n) is 3.18. The van der Waals surface area contributed by atoms with Gasteiger partial charge in [-0.2, -0.15) is 4.98 Å². The predicted molar refractivity (Wildman–Crippen MR) is 76.8 cm³/mol. The van der Waals surface area contributed by atoms with E-state index < -0.39 is 0 Å². The molecule has 0 bridgehead atoms. The molecule has 0 amide bonds. The van der Waals surface area contributed by atoms with E-state index in [1.807, 2.05) is 24.3 Å². The Kier molecular flexibility index (Phi) is 3.75. The quantitative estimate of drug-likeness (QED) is 0.799. The summed E-state index contributed by atoms with van der Waals surface area (Å²) in [6.45, 7) is 0.448. The molecule has 5 heteroatoms. The Labute approximate surface area is 121 Å². The molecule has 3 rings (SSSR count). The van der Waals surface area contributed by atoms with Crippen molar-refractivity contribution in [3.8, 4) is 11.5 Å². The molecule has 0 aliphatic rings. The normalized spacial score (nSPS) is 10.8. The van der Waals surface area contributed by atoms with Crippen molar-refractivity contribution in [1.29, 1.82) is 0 Å². The first-order valence-corrected chi connectivity index (χ1v) is 6.61. The lowest BCUT2D eigenvalue weighted by atomic mass is 10.1. The lowest BCUT2D eigenvalue weighted by Gasteiger charge is -1.98. The van der Waals surface area contributed by atoms with Crippen molar-refractivity contribution in [1.82, 2.24) is 10.1 Å². The van der Waals surface area contributed by atoms with Gasteiger partial charge in [0.2, 0.25) is 0 Å². The predicted octanol–water partition coefficient (Wildman–Crippen LogP) is 2.93. The van der Waals surface area contributed by atoms with Crippen LogP contribution in [-0.2, 0) is 13.0 Å². The van der Waals surface area contributed by atoms with Gasteiger partial charge in [-0.05, 0) is 29.3 Å². The van der Waals surface area contributed by atoms with E-state index in [0.29, 0.717) is 30.2 Å². The average Bonchev–Trinajstić information content (AvgIpc) is 2.98. The lowest BCUT2D eigenvalue weighted by molar-refractivity contribution is 0.423. The molecule has 0 saturated carbocycles. The zero-order chi connectivity index (χ0) is 14.7. The average molecular weight is 283 g/mol. The summed E-state index contributed by atoms with van der Waals surface area (Å²) < 4.78 is 18.8. The third-order valence-corrected chi connectivity index (χ3v) is 3.18. The molecule has 4 nitrogen and oxygen atoms in total. The topological polar surface area (TPSA) is 64.9 Å². The lowest BCUT2D eigenvalue weighted by Crippen LogP contribution is -1.96. The monoisotopic (exact) mass is 283 g/mol. The van der Waals surface area contributed by atoms with E-state index in [2.05, 4.69) is 10.1 Å². The third kappa shape index (κ3) is 2.98. The SMILES string of the molecule is NCc1cccc(-c2nc(Cc3ccccc3F)no2)c1. The second-order valence-electron chi connectivity index (χ2n) is 4.69. The number of rotatable bonds is 4. The number of nitrogens with zero attached hydrogens (tertiary/aromatic N) is 2.